The Balaban J connectivity index is 0.000000205. The molecule has 0 saturated heterocycles. The Hall–Kier alpha value is -4.67. The molecule has 0 aliphatic carbocycles. The third kappa shape index (κ3) is 7.50. The van der Waals surface area contributed by atoms with Gasteiger partial charge in [-0.05, 0) is 44.0 Å². The number of benzene rings is 4. The van der Waals surface area contributed by atoms with Gasteiger partial charge in [0.05, 0.1) is 37.4 Å². The summed E-state index contributed by atoms with van der Waals surface area (Å²) in [4.78, 5) is 0. The van der Waals surface area contributed by atoms with Gasteiger partial charge in [-0.25, -0.2) is 0 Å². The molecule has 3 nitrogen and oxygen atoms in total. The molecule has 0 spiro atoms. The zero-order valence-corrected chi connectivity index (χ0v) is 32.8. The molecule has 0 atom stereocenters. The molecular weight excluding hydrogens is 793 g/mol. The molecule has 3 aromatic heterocycles. The van der Waals surface area contributed by atoms with Crippen molar-refractivity contribution in [1.29, 1.82) is 0 Å². The fourth-order valence-corrected chi connectivity index (χ4v) is 7.18. The van der Waals surface area contributed by atoms with Crippen LogP contribution in [0.25, 0.3) is 55.6 Å². The molecule has 5 heteroatoms. The van der Waals surface area contributed by atoms with Crippen molar-refractivity contribution in [1.82, 2.24) is 0 Å². The largest absolute Gasteiger partial charge is 0.469 e. The smallest absolute Gasteiger partial charge is 0.134 e. The molecule has 7 rings (SSSR count). The van der Waals surface area contributed by atoms with Gasteiger partial charge < -0.3 is 13.6 Å². The maximum atomic E-state index is 6.20. The average molecular weight is 837 g/mol. The van der Waals surface area contributed by atoms with Crippen LogP contribution in [-0.4, -0.2) is 8.07 Å². The van der Waals surface area contributed by atoms with Gasteiger partial charge in [-0.3, -0.25) is 0 Å². The maximum Gasteiger partial charge on any atom is 0.134 e. The molecule has 3 heterocycles. The standard InChI is InChI=1S/C27H22NO.C17H22NSi.Ir/c1-17-5-7-20(8-6-17)21-9-10-22-24-16-23(25-13-18(2)11-12-28(25)4)19(3)14-26(24)29-27(22)15-21;1-13-7-8-14(2)16(11-13)17-10-9-15(12-18(17)3)19(4,5)6;/h5-16H,3-4H2,1-2H3;7-12H,2-3H2,1,4-6H3;/q2*-1;. The summed E-state index contributed by atoms with van der Waals surface area (Å²) >= 11 is 0. The van der Waals surface area contributed by atoms with Crippen molar-refractivity contribution in [3.63, 3.8) is 0 Å². The summed E-state index contributed by atoms with van der Waals surface area (Å²) in [7, 11) is 6.99. The second-order valence-corrected chi connectivity index (χ2v) is 19.0. The first kappa shape index (κ1) is 35.6. The number of fused-ring (bicyclic) bond motifs is 3. The van der Waals surface area contributed by atoms with Crippen molar-refractivity contribution in [2.24, 2.45) is 0 Å². The first-order chi connectivity index (χ1) is 22.8. The first-order valence-corrected chi connectivity index (χ1v) is 19.8. The zero-order chi connectivity index (χ0) is 34.3. The van der Waals surface area contributed by atoms with Crippen LogP contribution in [0.15, 0.2) is 114 Å². The molecule has 0 amide bonds. The molecule has 0 unspecified atom stereocenters. The van der Waals surface area contributed by atoms with E-state index < -0.39 is 8.07 Å². The molecule has 49 heavy (non-hydrogen) atoms. The minimum absolute atomic E-state index is 0. The van der Waals surface area contributed by atoms with Crippen LogP contribution in [0.1, 0.15) is 27.8 Å². The number of pyridine rings is 2. The molecule has 0 fully saturated rings. The Bertz CT molecular complexity index is 2290. The zero-order valence-electron chi connectivity index (χ0n) is 29.4. The first-order valence-electron chi connectivity index (χ1n) is 16.3. The van der Waals surface area contributed by atoms with Crippen LogP contribution in [0.4, 0.5) is 0 Å². The molecular formula is C44H44IrN2OSi-2. The van der Waals surface area contributed by atoms with Gasteiger partial charge in [0.2, 0.25) is 0 Å². The van der Waals surface area contributed by atoms with Crippen molar-refractivity contribution in [2.45, 2.75) is 40.4 Å². The molecule has 1 radical (unpaired) electrons. The summed E-state index contributed by atoms with van der Waals surface area (Å²) in [5, 5.41) is 3.63. The fraction of sp³-hybridized carbons (Fsp3) is 0.136. The van der Waals surface area contributed by atoms with Gasteiger partial charge in [-0.2, -0.15) is 31.0 Å². The molecule has 4 aromatic carbocycles. The second kappa shape index (κ2) is 14.1. The van der Waals surface area contributed by atoms with E-state index >= 15 is 0 Å². The van der Waals surface area contributed by atoms with Gasteiger partial charge in [0.1, 0.15) is 5.58 Å². The van der Waals surface area contributed by atoms with Crippen molar-refractivity contribution < 1.29 is 33.7 Å². The van der Waals surface area contributed by atoms with Gasteiger partial charge in [0.25, 0.3) is 0 Å². The monoisotopic (exact) mass is 837 g/mol. The van der Waals surface area contributed by atoms with E-state index in [-0.39, 0.29) is 20.1 Å². The molecule has 251 valence electrons. The van der Waals surface area contributed by atoms with Crippen molar-refractivity contribution in [3.8, 4) is 33.6 Å². The summed E-state index contributed by atoms with van der Waals surface area (Å²) < 4.78 is 10.1. The summed E-state index contributed by atoms with van der Waals surface area (Å²) in [5.41, 5.74) is 14.2. The van der Waals surface area contributed by atoms with E-state index in [0.29, 0.717) is 0 Å². The summed E-state index contributed by atoms with van der Waals surface area (Å²) in [6.07, 6.45) is 4.15. The maximum absolute atomic E-state index is 6.20. The van der Waals surface area contributed by atoms with Gasteiger partial charge >= 0.3 is 0 Å². The topological polar surface area (TPSA) is 20.9 Å². The predicted octanol–water partition coefficient (Wildman–Crippen LogP) is 9.96. The number of nitrogens with zero attached hydrogens (tertiary/aromatic N) is 2. The molecule has 0 saturated carbocycles. The number of furan rings is 1. The number of hydrogen-bond acceptors (Lipinski definition) is 1. The van der Waals surface area contributed by atoms with E-state index in [4.69, 9.17) is 4.42 Å². The molecule has 0 aliphatic rings. The van der Waals surface area contributed by atoms with E-state index in [0.717, 1.165) is 61.1 Å². The molecule has 0 N–H and O–H groups in total. The third-order valence-corrected chi connectivity index (χ3v) is 11.0. The average Bonchev–Trinajstić information content (AvgIpc) is 3.39. The van der Waals surface area contributed by atoms with Crippen LogP contribution in [0.2, 0.25) is 19.6 Å². The van der Waals surface area contributed by atoms with E-state index in [9.17, 15) is 0 Å². The van der Waals surface area contributed by atoms with Gasteiger partial charge in [-0.1, -0.05) is 96.1 Å². The third-order valence-electron chi connectivity index (χ3n) is 8.98. The number of hydrogen-bond donors (Lipinski definition) is 0. The Kier molecular flexibility index (Phi) is 10.2. The molecule has 0 aliphatic heterocycles. The Morgan fingerprint density at radius 2 is 1.18 bits per heavy atom. The SMILES string of the molecule is [CH2-]c1cc2oc3cc(-c4ccc(C)cc4)ccc3c2cc1-c1cc(C)cc[n+]1[CH2-].[CH2-]c1ccc(C)cc1-c1ccc([Si](C)(C)C)c[n+]1[CH2-].[Ir]. The summed E-state index contributed by atoms with van der Waals surface area (Å²) in [6, 6.07) is 34.1. The van der Waals surface area contributed by atoms with Gasteiger partial charge in [0.15, 0.2) is 0 Å². The van der Waals surface area contributed by atoms with Crippen LogP contribution in [0.3, 0.4) is 0 Å². The number of aromatic nitrogens is 2. The normalized spacial score (nSPS) is 11.2. The van der Waals surface area contributed by atoms with Gasteiger partial charge in [-0.15, -0.1) is 35.4 Å². The second-order valence-electron chi connectivity index (χ2n) is 13.9. The van der Waals surface area contributed by atoms with E-state index in [1.807, 2.05) is 21.4 Å². The van der Waals surface area contributed by atoms with Crippen LogP contribution in [0, 0.1) is 48.7 Å². The molecule has 0 bridgehead atoms. The Morgan fingerprint density at radius 1 is 0.551 bits per heavy atom. The summed E-state index contributed by atoms with van der Waals surface area (Å²) in [6.45, 7) is 21.7. The summed E-state index contributed by atoms with van der Waals surface area (Å²) in [5.74, 6) is 0. The quantitative estimate of drug-likeness (QED) is 0.0983. The fourth-order valence-electron chi connectivity index (χ4n) is 6.06. The Labute approximate surface area is 306 Å². The number of aryl methyl sites for hydroxylation is 3. The van der Waals surface area contributed by atoms with E-state index in [2.05, 4.69) is 166 Å². The number of rotatable bonds is 4. The van der Waals surface area contributed by atoms with Crippen molar-refractivity contribution in [3.05, 3.63) is 165 Å². The van der Waals surface area contributed by atoms with Crippen molar-refractivity contribution >= 4 is 35.2 Å². The Morgan fingerprint density at radius 3 is 1.88 bits per heavy atom. The minimum atomic E-state index is -1.29. The van der Waals surface area contributed by atoms with Crippen LogP contribution < -0.4 is 14.3 Å². The van der Waals surface area contributed by atoms with Crippen LogP contribution in [-0.2, 0) is 20.1 Å². The van der Waals surface area contributed by atoms with Crippen LogP contribution in [0.5, 0.6) is 0 Å². The predicted molar refractivity (Wildman–Crippen MR) is 204 cm³/mol. The van der Waals surface area contributed by atoms with Crippen LogP contribution >= 0.6 is 0 Å². The van der Waals surface area contributed by atoms with Gasteiger partial charge in [0, 0.05) is 45.0 Å². The molecule has 7 aromatic rings. The van der Waals surface area contributed by atoms with E-state index in [1.165, 1.54) is 27.4 Å². The van der Waals surface area contributed by atoms with E-state index in [1.54, 1.807) is 0 Å². The van der Waals surface area contributed by atoms with Crippen molar-refractivity contribution in [2.75, 3.05) is 0 Å². The minimum Gasteiger partial charge on any atom is -0.469 e.